The van der Waals surface area contributed by atoms with Gasteiger partial charge >= 0.3 is 0 Å². The van der Waals surface area contributed by atoms with Gasteiger partial charge in [0.15, 0.2) is 0 Å². The number of hydrogen-bond donors (Lipinski definition) is 4. The summed E-state index contributed by atoms with van der Waals surface area (Å²) in [5.41, 5.74) is 1.57. The molecule has 0 aliphatic carbocycles. The summed E-state index contributed by atoms with van der Waals surface area (Å²) < 4.78 is 26.0. The largest absolute Gasteiger partial charge is 0.507 e. The molecule has 0 fully saturated rings. The van der Waals surface area contributed by atoms with Crippen LogP contribution in [0.25, 0.3) is 0 Å². The summed E-state index contributed by atoms with van der Waals surface area (Å²) in [4.78, 5) is 12.1. The Morgan fingerprint density at radius 1 is 1.03 bits per heavy atom. The van der Waals surface area contributed by atoms with Crippen LogP contribution in [0.3, 0.4) is 0 Å². The highest BCUT2D eigenvalue weighted by molar-refractivity contribution is 7.91. The third-order valence-corrected chi connectivity index (χ3v) is 7.26. The maximum Gasteiger partial charge on any atom is 0.255 e. The summed E-state index contributed by atoms with van der Waals surface area (Å²) in [6, 6.07) is 17.2. The van der Waals surface area contributed by atoms with Crippen molar-refractivity contribution in [1.82, 2.24) is 10.6 Å². The summed E-state index contributed by atoms with van der Waals surface area (Å²) >= 11 is 5.95. The maximum absolute atomic E-state index is 13.0. The van der Waals surface area contributed by atoms with Crippen molar-refractivity contribution in [2.75, 3.05) is 19.6 Å². The molecule has 180 valence electrons. The average molecular weight is 503 g/mol. The minimum Gasteiger partial charge on any atom is -0.507 e. The Balaban J connectivity index is 1.61. The number of aromatic hydroxyl groups is 1. The second kappa shape index (κ2) is 11.5. The van der Waals surface area contributed by atoms with Crippen LogP contribution in [0.2, 0.25) is 5.02 Å². The lowest BCUT2D eigenvalue weighted by Crippen LogP contribution is -2.23. The molecular weight excluding hydrogens is 476 g/mol. The van der Waals surface area contributed by atoms with Gasteiger partial charge in [-0.3, -0.25) is 4.79 Å². The number of carbonyl (C=O) groups excluding carboxylic acids is 1. The second-order valence-electron chi connectivity index (χ2n) is 7.71. The van der Waals surface area contributed by atoms with E-state index >= 15 is 0 Å². The van der Waals surface area contributed by atoms with Crippen molar-refractivity contribution in [2.45, 2.75) is 29.2 Å². The molecular formula is C25H27ClN2O5S. The van der Waals surface area contributed by atoms with E-state index in [1.807, 2.05) is 6.07 Å². The lowest BCUT2D eigenvalue weighted by molar-refractivity contribution is 0.0953. The van der Waals surface area contributed by atoms with E-state index in [9.17, 15) is 23.4 Å². The van der Waals surface area contributed by atoms with E-state index in [1.165, 1.54) is 30.3 Å². The Hall–Kier alpha value is -2.91. The lowest BCUT2D eigenvalue weighted by Gasteiger charge is -2.13. The molecule has 4 N–H and O–H groups in total. The number of aliphatic hydroxyl groups excluding tert-OH is 1. The fourth-order valence-electron chi connectivity index (χ4n) is 3.39. The van der Waals surface area contributed by atoms with Crippen molar-refractivity contribution in [3.63, 3.8) is 0 Å². The lowest BCUT2D eigenvalue weighted by atomic mass is 10.1. The van der Waals surface area contributed by atoms with E-state index < -0.39 is 21.8 Å². The highest BCUT2D eigenvalue weighted by atomic mass is 35.5. The molecule has 0 aliphatic rings. The number of rotatable bonds is 10. The Bertz CT molecular complexity index is 1250. The van der Waals surface area contributed by atoms with Crippen LogP contribution >= 0.6 is 11.6 Å². The number of phenolic OH excluding ortho intramolecular Hbond substituents is 1. The number of hydrogen-bond acceptors (Lipinski definition) is 6. The van der Waals surface area contributed by atoms with E-state index in [4.69, 9.17) is 11.6 Å². The molecule has 0 heterocycles. The van der Waals surface area contributed by atoms with E-state index in [1.54, 1.807) is 37.3 Å². The van der Waals surface area contributed by atoms with E-state index in [0.29, 0.717) is 31.1 Å². The van der Waals surface area contributed by atoms with Crippen LogP contribution in [0.1, 0.15) is 34.5 Å². The summed E-state index contributed by atoms with van der Waals surface area (Å²) in [5.74, 6) is -0.825. The molecule has 0 aliphatic heterocycles. The Morgan fingerprint density at radius 2 is 1.74 bits per heavy atom. The number of amides is 1. The van der Waals surface area contributed by atoms with Crippen molar-refractivity contribution in [3.05, 3.63) is 88.4 Å². The maximum atomic E-state index is 13.0. The van der Waals surface area contributed by atoms with Gasteiger partial charge in [-0.05, 0) is 73.5 Å². The summed E-state index contributed by atoms with van der Waals surface area (Å²) in [5, 5.41) is 26.5. The van der Waals surface area contributed by atoms with Crippen LogP contribution in [0, 0.1) is 0 Å². The van der Waals surface area contributed by atoms with Crippen LogP contribution in [-0.2, 0) is 16.3 Å². The molecule has 0 saturated heterocycles. The minimum absolute atomic E-state index is 0.0732. The number of nitrogens with one attached hydrogen (secondary N) is 2. The fourth-order valence-corrected chi connectivity index (χ4v) is 4.88. The van der Waals surface area contributed by atoms with Crippen molar-refractivity contribution >= 4 is 27.3 Å². The number of halogens is 1. The SMILES string of the molecule is CCNC(=O)c1cc(S(=O)(=O)c2ccc(CCNC[C@@H](O)c3cccc(Cl)c3)cc2)ccc1O. The van der Waals surface area contributed by atoms with Crippen molar-refractivity contribution < 1.29 is 23.4 Å². The molecule has 0 saturated carbocycles. The zero-order valence-corrected chi connectivity index (χ0v) is 20.2. The Morgan fingerprint density at radius 3 is 2.41 bits per heavy atom. The zero-order valence-electron chi connectivity index (χ0n) is 18.7. The number of aliphatic hydroxyl groups is 1. The van der Waals surface area contributed by atoms with Crippen molar-refractivity contribution in [3.8, 4) is 5.75 Å². The van der Waals surface area contributed by atoms with Gasteiger partial charge in [-0.25, -0.2) is 8.42 Å². The predicted molar refractivity (Wildman–Crippen MR) is 131 cm³/mol. The van der Waals surface area contributed by atoms with Gasteiger partial charge in [0.05, 0.1) is 21.5 Å². The number of benzene rings is 3. The van der Waals surface area contributed by atoms with Gasteiger partial charge in [0.1, 0.15) is 5.75 Å². The molecule has 0 radical (unpaired) electrons. The molecule has 3 rings (SSSR count). The third kappa shape index (κ3) is 6.36. The smallest absolute Gasteiger partial charge is 0.255 e. The monoisotopic (exact) mass is 502 g/mol. The van der Waals surface area contributed by atoms with Crippen LogP contribution < -0.4 is 10.6 Å². The summed E-state index contributed by atoms with van der Waals surface area (Å²) in [6.07, 6.45) is -0.0378. The molecule has 0 unspecified atom stereocenters. The van der Waals surface area contributed by atoms with Gasteiger partial charge in [-0.2, -0.15) is 0 Å². The normalized spacial score (nSPS) is 12.3. The zero-order chi connectivity index (χ0) is 24.7. The fraction of sp³-hybridized carbons (Fsp3) is 0.240. The molecule has 0 aromatic heterocycles. The van der Waals surface area contributed by atoms with Crippen LogP contribution in [-0.4, -0.2) is 44.2 Å². The van der Waals surface area contributed by atoms with Crippen molar-refractivity contribution in [2.24, 2.45) is 0 Å². The van der Waals surface area contributed by atoms with Gasteiger partial charge in [0.25, 0.3) is 5.91 Å². The molecule has 3 aromatic carbocycles. The minimum atomic E-state index is -3.86. The van der Waals surface area contributed by atoms with Gasteiger partial charge in [-0.1, -0.05) is 35.9 Å². The van der Waals surface area contributed by atoms with E-state index in [-0.39, 0.29) is 21.1 Å². The first-order valence-electron chi connectivity index (χ1n) is 10.8. The van der Waals surface area contributed by atoms with Gasteiger partial charge < -0.3 is 20.8 Å². The first-order valence-corrected chi connectivity index (χ1v) is 12.7. The molecule has 0 spiro atoms. The molecule has 1 atom stereocenters. The molecule has 3 aromatic rings. The van der Waals surface area contributed by atoms with E-state index in [0.717, 1.165) is 11.1 Å². The Kier molecular flexibility index (Phi) is 8.68. The first-order chi connectivity index (χ1) is 16.2. The topological polar surface area (TPSA) is 116 Å². The third-order valence-electron chi connectivity index (χ3n) is 5.26. The standard InChI is InChI=1S/C25H27ClN2O5S/c1-2-28-25(31)22-15-21(10-11-23(22)29)34(32,33)20-8-6-17(7-9-20)12-13-27-16-24(30)18-4-3-5-19(26)14-18/h3-11,14-15,24,27,29-30H,2,12-13,16H2,1H3,(H,28,31)/t24-/m1/s1. The van der Waals surface area contributed by atoms with Gasteiger partial charge in [0, 0.05) is 18.1 Å². The number of phenols is 1. The number of carbonyl (C=O) groups is 1. The first kappa shape index (κ1) is 25.7. The van der Waals surface area contributed by atoms with Gasteiger partial charge in [-0.15, -0.1) is 0 Å². The second-order valence-corrected chi connectivity index (χ2v) is 10.1. The Labute approximate surface area is 204 Å². The molecule has 34 heavy (non-hydrogen) atoms. The number of sulfone groups is 1. The average Bonchev–Trinajstić information content (AvgIpc) is 2.82. The van der Waals surface area contributed by atoms with Gasteiger partial charge in [0.2, 0.25) is 9.84 Å². The summed E-state index contributed by atoms with van der Waals surface area (Å²) in [6.45, 7) is 3.04. The van der Waals surface area contributed by atoms with E-state index in [2.05, 4.69) is 10.6 Å². The quantitative estimate of drug-likeness (QED) is 0.315. The summed E-state index contributed by atoms with van der Waals surface area (Å²) in [7, 11) is -3.86. The van der Waals surface area contributed by atoms with Crippen LogP contribution in [0.5, 0.6) is 5.75 Å². The highest BCUT2D eigenvalue weighted by Gasteiger charge is 2.21. The molecule has 9 heteroatoms. The highest BCUT2D eigenvalue weighted by Crippen LogP contribution is 2.26. The molecule has 0 bridgehead atoms. The van der Waals surface area contributed by atoms with Crippen molar-refractivity contribution in [1.29, 1.82) is 0 Å². The predicted octanol–water partition coefficient (Wildman–Crippen LogP) is 3.49. The van der Waals surface area contributed by atoms with Crippen LogP contribution in [0.15, 0.2) is 76.5 Å². The molecule has 1 amide bonds. The molecule has 7 nitrogen and oxygen atoms in total. The van der Waals surface area contributed by atoms with Crippen LogP contribution in [0.4, 0.5) is 0 Å².